The van der Waals surface area contributed by atoms with Gasteiger partial charge in [-0.15, -0.1) is 0 Å². The molecule has 1 amide bonds. The third-order valence-electron chi connectivity index (χ3n) is 3.81. The molecular formula is C16H18N2O2. The van der Waals surface area contributed by atoms with Crippen LogP contribution in [-0.2, 0) is 22.5 Å². The number of hydroxylamine groups is 1. The van der Waals surface area contributed by atoms with E-state index in [0.29, 0.717) is 0 Å². The van der Waals surface area contributed by atoms with Gasteiger partial charge < -0.3 is 0 Å². The summed E-state index contributed by atoms with van der Waals surface area (Å²) in [5.74, 6) is -0.114. The molecule has 0 radical (unpaired) electrons. The largest absolute Gasteiger partial charge is 0.273 e. The average Bonchev–Trinajstić information content (AvgIpc) is 2.47. The molecule has 1 aromatic heterocycles. The highest BCUT2D eigenvalue weighted by molar-refractivity contribution is 6.02. The highest BCUT2D eigenvalue weighted by atomic mass is 16.7. The van der Waals surface area contributed by atoms with Gasteiger partial charge in [-0.3, -0.25) is 14.6 Å². The van der Waals surface area contributed by atoms with E-state index < -0.39 is 0 Å². The van der Waals surface area contributed by atoms with Crippen molar-refractivity contribution in [1.29, 1.82) is 0 Å². The molecule has 0 spiro atoms. The number of pyridine rings is 1. The molecule has 4 nitrogen and oxygen atoms in total. The topological polar surface area (TPSA) is 42.4 Å². The van der Waals surface area contributed by atoms with Gasteiger partial charge in [-0.25, -0.2) is 0 Å². The smallest absolute Gasteiger partial charge is 0.247 e. The zero-order valence-electron chi connectivity index (χ0n) is 11.8. The molecule has 104 valence electrons. The third-order valence-corrected chi connectivity index (χ3v) is 3.81. The lowest BCUT2D eigenvalue weighted by atomic mass is 9.92. The van der Waals surface area contributed by atoms with E-state index in [1.54, 1.807) is 0 Å². The fourth-order valence-corrected chi connectivity index (χ4v) is 2.96. The van der Waals surface area contributed by atoms with Crippen LogP contribution in [0.5, 0.6) is 0 Å². The number of carbonyl (C=O) groups excluding carboxylic acids is 1. The lowest BCUT2D eigenvalue weighted by molar-refractivity contribution is -0.122. The van der Waals surface area contributed by atoms with Crippen molar-refractivity contribution >= 4 is 22.5 Å². The number of fused-ring (bicyclic) bond motifs is 2. The minimum absolute atomic E-state index is 0.114. The van der Waals surface area contributed by atoms with Gasteiger partial charge >= 0.3 is 0 Å². The number of aryl methyl sites for hydroxylation is 1. The van der Waals surface area contributed by atoms with Crippen molar-refractivity contribution in [2.24, 2.45) is 0 Å². The Bertz CT molecular complexity index is 667. The number of aromatic nitrogens is 1. The Morgan fingerprint density at radius 1 is 1.25 bits per heavy atom. The van der Waals surface area contributed by atoms with E-state index in [9.17, 15) is 4.79 Å². The van der Waals surface area contributed by atoms with Crippen LogP contribution in [0.1, 0.15) is 31.0 Å². The summed E-state index contributed by atoms with van der Waals surface area (Å²) in [5.41, 5.74) is 4.06. The van der Waals surface area contributed by atoms with E-state index >= 15 is 0 Å². The van der Waals surface area contributed by atoms with Gasteiger partial charge in [0, 0.05) is 23.6 Å². The van der Waals surface area contributed by atoms with E-state index in [-0.39, 0.29) is 5.91 Å². The second-order valence-corrected chi connectivity index (χ2v) is 5.11. The van der Waals surface area contributed by atoms with Crippen molar-refractivity contribution in [3.63, 3.8) is 0 Å². The molecule has 20 heavy (non-hydrogen) atoms. The Hall–Kier alpha value is -1.94. The first-order chi connectivity index (χ1) is 9.72. The lowest BCUT2D eigenvalue weighted by Gasteiger charge is -2.26. The molecule has 1 aliphatic rings. The summed E-state index contributed by atoms with van der Waals surface area (Å²) < 4.78 is 0. The second kappa shape index (κ2) is 5.21. The maximum absolute atomic E-state index is 11.9. The SMILES string of the molecule is CON(C(C)=O)c1c2c(nc3ccccc13)CCCC2. The Labute approximate surface area is 118 Å². The van der Waals surface area contributed by atoms with E-state index in [0.717, 1.165) is 53.5 Å². The quantitative estimate of drug-likeness (QED) is 0.788. The van der Waals surface area contributed by atoms with E-state index in [1.807, 2.05) is 24.3 Å². The van der Waals surface area contributed by atoms with E-state index in [2.05, 4.69) is 0 Å². The number of para-hydroxylation sites is 1. The number of amides is 1. The van der Waals surface area contributed by atoms with Crippen LogP contribution in [0.2, 0.25) is 0 Å². The maximum atomic E-state index is 11.9. The van der Waals surface area contributed by atoms with Crippen LogP contribution < -0.4 is 5.06 Å². The van der Waals surface area contributed by atoms with Crippen LogP contribution in [0.3, 0.4) is 0 Å². The zero-order valence-corrected chi connectivity index (χ0v) is 11.8. The van der Waals surface area contributed by atoms with Gasteiger partial charge in [0.2, 0.25) is 5.91 Å². The number of nitrogens with zero attached hydrogens (tertiary/aromatic N) is 2. The van der Waals surface area contributed by atoms with Gasteiger partial charge in [-0.05, 0) is 31.7 Å². The lowest BCUT2D eigenvalue weighted by Crippen LogP contribution is -2.29. The highest BCUT2D eigenvalue weighted by Gasteiger charge is 2.24. The first kappa shape index (κ1) is 13.1. The van der Waals surface area contributed by atoms with Gasteiger partial charge in [0.25, 0.3) is 0 Å². The minimum Gasteiger partial charge on any atom is -0.273 e. The van der Waals surface area contributed by atoms with Crippen molar-refractivity contribution in [3.8, 4) is 0 Å². The monoisotopic (exact) mass is 270 g/mol. The summed E-state index contributed by atoms with van der Waals surface area (Å²) in [4.78, 5) is 22.0. The van der Waals surface area contributed by atoms with Crippen molar-refractivity contribution in [2.45, 2.75) is 32.6 Å². The van der Waals surface area contributed by atoms with Gasteiger partial charge in [0.15, 0.2) is 0 Å². The summed E-state index contributed by atoms with van der Waals surface area (Å²) >= 11 is 0. The number of anilines is 1. The molecule has 0 saturated heterocycles. The molecule has 3 rings (SSSR count). The van der Waals surface area contributed by atoms with Gasteiger partial charge in [-0.2, -0.15) is 5.06 Å². The Kier molecular flexibility index (Phi) is 3.40. The predicted octanol–water partition coefficient (Wildman–Crippen LogP) is 3.03. The fraction of sp³-hybridized carbons (Fsp3) is 0.375. The van der Waals surface area contributed by atoms with Crippen LogP contribution in [0.4, 0.5) is 5.69 Å². The fourth-order valence-electron chi connectivity index (χ4n) is 2.96. The first-order valence-electron chi connectivity index (χ1n) is 6.97. The molecule has 1 heterocycles. The summed E-state index contributed by atoms with van der Waals surface area (Å²) in [7, 11) is 1.53. The van der Waals surface area contributed by atoms with Gasteiger partial charge in [0.05, 0.1) is 18.3 Å². The van der Waals surface area contributed by atoms with Crippen LogP contribution in [0.15, 0.2) is 24.3 Å². The Morgan fingerprint density at radius 3 is 2.75 bits per heavy atom. The molecular weight excluding hydrogens is 252 g/mol. The minimum atomic E-state index is -0.114. The Morgan fingerprint density at radius 2 is 2.00 bits per heavy atom. The van der Waals surface area contributed by atoms with Crippen LogP contribution in [0.25, 0.3) is 10.9 Å². The van der Waals surface area contributed by atoms with E-state index in [1.165, 1.54) is 19.1 Å². The van der Waals surface area contributed by atoms with Crippen molar-refractivity contribution in [1.82, 2.24) is 4.98 Å². The van der Waals surface area contributed by atoms with E-state index in [4.69, 9.17) is 9.82 Å². The zero-order chi connectivity index (χ0) is 14.1. The first-order valence-corrected chi connectivity index (χ1v) is 6.97. The molecule has 0 saturated carbocycles. The number of carbonyl (C=O) groups is 1. The number of benzene rings is 1. The summed E-state index contributed by atoms with van der Waals surface area (Å²) in [6.45, 7) is 1.52. The normalized spacial score (nSPS) is 14.1. The molecule has 0 N–H and O–H groups in total. The number of hydrogen-bond donors (Lipinski definition) is 0. The van der Waals surface area contributed by atoms with Crippen LogP contribution >= 0.6 is 0 Å². The summed E-state index contributed by atoms with van der Waals surface area (Å²) in [6, 6.07) is 7.93. The molecule has 0 fully saturated rings. The highest BCUT2D eigenvalue weighted by Crippen LogP contribution is 2.35. The second-order valence-electron chi connectivity index (χ2n) is 5.11. The standard InChI is InChI=1S/C16H18N2O2/c1-11(19)18(20-2)16-12-7-3-5-9-14(12)17-15-10-6-4-8-13(15)16/h3,5,7,9H,4,6,8,10H2,1-2H3. The predicted molar refractivity (Wildman–Crippen MR) is 78.6 cm³/mol. The molecule has 1 aromatic carbocycles. The summed E-state index contributed by atoms with van der Waals surface area (Å²) in [6.07, 6.45) is 4.22. The average molecular weight is 270 g/mol. The van der Waals surface area contributed by atoms with Crippen molar-refractivity contribution in [3.05, 3.63) is 35.5 Å². The molecule has 0 atom stereocenters. The molecule has 1 aliphatic carbocycles. The van der Waals surface area contributed by atoms with Crippen LogP contribution in [-0.4, -0.2) is 18.0 Å². The molecule has 4 heteroatoms. The van der Waals surface area contributed by atoms with Gasteiger partial charge in [0.1, 0.15) is 0 Å². The maximum Gasteiger partial charge on any atom is 0.247 e. The molecule has 0 unspecified atom stereocenters. The summed E-state index contributed by atoms with van der Waals surface area (Å²) in [5, 5.41) is 2.37. The Balaban J connectivity index is 2.33. The third kappa shape index (κ3) is 2.06. The van der Waals surface area contributed by atoms with Gasteiger partial charge in [-0.1, -0.05) is 18.2 Å². The van der Waals surface area contributed by atoms with Crippen molar-refractivity contribution < 1.29 is 9.63 Å². The number of rotatable bonds is 2. The molecule has 0 aliphatic heterocycles. The van der Waals surface area contributed by atoms with Crippen molar-refractivity contribution in [2.75, 3.05) is 12.2 Å². The molecule has 0 bridgehead atoms. The van der Waals surface area contributed by atoms with Crippen LogP contribution in [0, 0.1) is 0 Å². The number of hydrogen-bond acceptors (Lipinski definition) is 3. The molecule has 2 aromatic rings.